The van der Waals surface area contributed by atoms with E-state index in [1.807, 2.05) is 0 Å². The fraction of sp³-hybridized carbons (Fsp3) is 0.0833. The van der Waals surface area contributed by atoms with Crippen LogP contribution in [0.3, 0.4) is 0 Å². The number of rotatable bonds is 3. The fourth-order valence-electron chi connectivity index (χ4n) is 1.48. The van der Waals surface area contributed by atoms with E-state index in [1.54, 1.807) is 6.92 Å². The molecule has 2 aromatic heterocycles. The molecule has 0 amide bonds. The summed E-state index contributed by atoms with van der Waals surface area (Å²) in [6, 6.07) is 0. The second-order valence-electron chi connectivity index (χ2n) is 3.70. The molecule has 0 saturated heterocycles. The standard InChI is InChI=1S/C12H8Cl2FN3O/c1-5(13)4-8(6(2)15)11-16-10(14)9-7(3)18-19-12(9)17-11/h4H,1-2H2,3H3/b8-4+. The molecule has 0 saturated carbocycles. The van der Waals surface area contributed by atoms with Crippen molar-refractivity contribution in [3.8, 4) is 0 Å². The largest absolute Gasteiger partial charge is 0.335 e. The fourth-order valence-corrected chi connectivity index (χ4v) is 1.89. The van der Waals surface area contributed by atoms with E-state index in [1.165, 1.54) is 6.08 Å². The van der Waals surface area contributed by atoms with Crippen LogP contribution in [0.2, 0.25) is 5.15 Å². The van der Waals surface area contributed by atoms with Crippen LogP contribution in [0.5, 0.6) is 0 Å². The summed E-state index contributed by atoms with van der Waals surface area (Å²) in [6.45, 7) is 8.35. The van der Waals surface area contributed by atoms with Crippen LogP contribution in [0, 0.1) is 6.92 Å². The third-order valence-corrected chi connectivity index (χ3v) is 2.68. The Morgan fingerprint density at radius 2 is 2.05 bits per heavy atom. The van der Waals surface area contributed by atoms with Crippen molar-refractivity contribution in [2.75, 3.05) is 0 Å². The lowest BCUT2D eigenvalue weighted by Gasteiger charge is -2.03. The van der Waals surface area contributed by atoms with Crippen molar-refractivity contribution in [3.05, 3.63) is 46.8 Å². The van der Waals surface area contributed by atoms with Crippen molar-refractivity contribution in [2.24, 2.45) is 0 Å². The van der Waals surface area contributed by atoms with Crippen molar-refractivity contribution in [1.29, 1.82) is 0 Å². The lowest BCUT2D eigenvalue weighted by molar-refractivity contribution is 0.442. The molecule has 2 heterocycles. The summed E-state index contributed by atoms with van der Waals surface area (Å²) in [7, 11) is 0. The van der Waals surface area contributed by atoms with Gasteiger partial charge in [0.1, 0.15) is 16.4 Å². The minimum absolute atomic E-state index is 0.00273. The van der Waals surface area contributed by atoms with E-state index in [0.717, 1.165) is 0 Å². The van der Waals surface area contributed by atoms with E-state index in [4.69, 9.17) is 27.7 Å². The molecule has 0 radical (unpaired) electrons. The molecule has 98 valence electrons. The monoisotopic (exact) mass is 299 g/mol. The summed E-state index contributed by atoms with van der Waals surface area (Å²) < 4.78 is 18.4. The van der Waals surface area contributed by atoms with Crippen LogP contribution < -0.4 is 0 Å². The number of halogens is 3. The number of fused-ring (bicyclic) bond motifs is 1. The van der Waals surface area contributed by atoms with Crippen molar-refractivity contribution in [3.63, 3.8) is 0 Å². The maximum absolute atomic E-state index is 13.4. The Labute approximate surface area is 118 Å². The van der Waals surface area contributed by atoms with E-state index in [-0.39, 0.29) is 27.3 Å². The average Bonchev–Trinajstić information content (AvgIpc) is 2.67. The Morgan fingerprint density at radius 3 is 2.63 bits per heavy atom. The van der Waals surface area contributed by atoms with Gasteiger partial charge in [-0.3, -0.25) is 0 Å². The molecule has 2 aromatic rings. The summed E-state index contributed by atoms with van der Waals surface area (Å²) in [5.74, 6) is -0.753. The third-order valence-electron chi connectivity index (χ3n) is 2.30. The number of allylic oxidation sites excluding steroid dienone is 4. The van der Waals surface area contributed by atoms with Crippen LogP contribution in [0.1, 0.15) is 11.5 Å². The Bertz CT molecular complexity index is 721. The van der Waals surface area contributed by atoms with E-state index in [9.17, 15) is 4.39 Å². The van der Waals surface area contributed by atoms with E-state index >= 15 is 0 Å². The summed E-state index contributed by atoms with van der Waals surface area (Å²) >= 11 is 11.6. The first-order valence-corrected chi connectivity index (χ1v) is 5.86. The maximum atomic E-state index is 13.4. The molecule has 7 heteroatoms. The zero-order valence-corrected chi connectivity index (χ0v) is 11.4. The SMILES string of the molecule is C=C(Cl)/C=C(\C(=C)F)c1nc(Cl)c2c(C)noc2n1. The molecule has 0 fully saturated rings. The summed E-state index contributed by atoms with van der Waals surface area (Å²) in [4.78, 5) is 8.03. The van der Waals surface area contributed by atoms with Crippen LogP contribution in [0.25, 0.3) is 16.7 Å². The highest BCUT2D eigenvalue weighted by Gasteiger charge is 2.17. The number of nitrogens with zero attached hydrogens (tertiary/aromatic N) is 3. The normalized spacial score (nSPS) is 11.9. The number of aryl methyl sites for hydroxylation is 1. The number of hydrogen-bond acceptors (Lipinski definition) is 4. The van der Waals surface area contributed by atoms with E-state index in [2.05, 4.69) is 28.3 Å². The van der Waals surface area contributed by atoms with Crippen LogP contribution in [0.15, 0.2) is 34.6 Å². The third kappa shape index (κ3) is 2.67. The Morgan fingerprint density at radius 1 is 1.37 bits per heavy atom. The molecule has 0 aliphatic heterocycles. The van der Waals surface area contributed by atoms with Gasteiger partial charge in [0.15, 0.2) is 5.82 Å². The van der Waals surface area contributed by atoms with E-state index < -0.39 is 5.83 Å². The van der Waals surface area contributed by atoms with Gasteiger partial charge in [0.05, 0.1) is 11.3 Å². The molecule has 4 nitrogen and oxygen atoms in total. The van der Waals surface area contributed by atoms with Crippen LogP contribution in [-0.2, 0) is 0 Å². The topological polar surface area (TPSA) is 51.8 Å². The molecule has 19 heavy (non-hydrogen) atoms. The molecular formula is C12H8Cl2FN3O. The van der Waals surface area contributed by atoms with Crippen molar-refractivity contribution < 1.29 is 8.91 Å². The van der Waals surface area contributed by atoms with Crippen LogP contribution in [0.4, 0.5) is 4.39 Å². The highest BCUT2D eigenvalue weighted by molar-refractivity contribution is 6.34. The van der Waals surface area contributed by atoms with Crippen molar-refractivity contribution >= 4 is 39.9 Å². The van der Waals surface area contributed by atoms with Gasteiger partial charge in [-0.1, -0.05) is 41.5 Å². The second-order valence-corrected chi connectivity index (χ2v) is 4.54. The average molecular weight is 300 g/mol. The smallest absolute Gasteiger partial charge is 0.263 e. The van der Waals surface area contributed by atoms with Crippen LogP contribution >= 0.6 is 23.2 Å². The molecule has 0 aliphatic rings. The summed E-state index contributed by atoms with van der Waals surface area (Å²) in [5.41, 5.74) is 0.704. The molecule has 0 unspecified atom stereocenters. The van der Waals surface area contributed by atoms with Crippen LogP contribution in [-0.4, -0.2) is 15.1 Å². The minimum Gasteiger partial charge on any atom is -0.335 e. The Hall–Kier alpha value is -1.72. The molecule has 0 bridgehead atoms. The number of aromatic nitrogens is 3. The highest BCUT2D eigenvalue weighted by atomic mass is 35.5. The molecule has 0 aromatic carbocycles. The zero-order chi connectivity index (χ0) is 14.2. The van der Waals surface area contributed by atoms with Gasteiger partial charge < -0.3 is 4.52 Å². The van der Waals surface area contributed by atoms with Gasteiger partial charge in [-0.2, -0.15) is 4.98 Å². The van der Waals surface area contributed by atoms with Crippen molar-refractivity contribution in [2.45, 2.75) is 6.92 Å². The quantitative estimate of drug-likeness (QED) is 0.629. The zero-order valence-electron chi connectivity index (χ0n) is 9.88. The number of hydrogen-bond donors (Lipinski definition) is 0. The molecule has 0 aliphatic carbocycles. The Kier molecular flexibility index (Phi) is 3.68. The first-order chi connectivity index (χ1) is 8.90. The first-order valence-electron chi connectivity index (χ1n) is 5.11. The van der Waals surface area contributed by atoms with Gasteiger partial charge >= 0.3 is 0 Å². The Balaban J connectivity index is 2.68. The predicted molar refractivity (Wildman–Crippen MR) is 72.6 cm³/mol. The summed E-state index contributed by atoms with van der Waals surface area (Å²) in [5, 5.41) is 4.44. The van der Waals surface area contributed by atoms with Gasteiger partial charge in [-0.25, -0.2) is 9.37 Å². The summed E-state index contributed by atoms with van der Waals surface area (Å²) in [6.07, 6.45) is 1.25. The molecular weight excluding hydrogens is 292 g/mol. The lowest BCUT2D eigenvalue weighted by atomic mass is 10.2. The van der Waals surface area contributed by atoms with Gasteiger partial charge in [-0.15, -0.1) is 0 Å². The predicted octanol–water partition coefficient (Wildman–Crippen LogP) is 4.20. The second kappa shape index (κ2) is 5.11. The van der Waals surface area contributed by atoms with Gasteiger partial charge in [-0.05, 0) is 13.0 Å². The highest BCUT2D eigenvalue weighted by Crippen LogP contribution is 2.28. The molecule has 0 N–H and O–H groups in total. The van der Waals surface area contributed by atoms with Gasteiger partial charge in [0.25, 0.3) is 5.71 Å². The molecule has 0 atom stereocenters. The van der Waals surface area contributed by atoms with Gasteiger partial charge in [0, 0.05) is 5.03 Å². The minimum atomic E-state index is -0.756. The van der Waals surface area contributed by atoms with Gasteiger partial charge in [0.2, 0.25) is 0 Å². The lowest BCUT2D eigenvalue weighted by Crippen LogP contribution is -1.96. The molecule has 2 rings (SSSR count). The molecule has 0 spiro atoms. The van der Waals surface area contributed by atoms with E-state index in [0.29, 0.717) is 11.1 Å². The van der Waals surface area contributed by atoms with Crippen molar-refractivity contribution in [1.82, 2.24) is 15.1 Å². The first kappa shape index (κ1) is 13.7. The maximum Gasteiger partial charge on any atom is 0.263 e.